The number of piperazine rings is 1. The van der Waals surface area contributed by atoms with Gasteiger partial charge in [-0.15, -0.1) is 6.58 Å². The van der Waals surface area contributed by atoms with E-state index in [0.29, 0.717) is 5.75 Å². The van der Waals surface area contributed by atoms with Crippen molar-refractivity contribution in [1.82, 2.24) is 29.1 Å². The fourth-order valence-corrected chi connectivity index (χ4v) is 7.11. The van der Waals surface area contributed by atoms with Crippen molar-refractivity contribution in [2.75, 3.05) is 42.6 Å². The Morgan fingerprint density at radius 2 is 1.63 bits per heavy atom. The summed E-state index contributed by atoms with van der Waals surface area (Å²) in [6.07, 6.45) is 6.16. The van der Waals surface area contributed by atoms with E-state index in [1.54, 1.807) is 21.7 Å². The Kier molecular flexibility index (Phi) is 9.34. The molecule has 2 fully saturated rings. The zero-order valence-corrected chi connectivity index (χ0v) is 27.8. The molecule has 0 spiro atoms. The van der Waals surface area contributed by atoms with Crippen molar-refractivity contribution in [2.24, 2.45) is 0 Å². The molecule has 0 saturated carbocycles. The third-order valence-electron chi connectivity index (χ3n) is 8.96. The number of thioether (sulfide) groups is 1. The molecule has 3 unspecified atom stereocenters. The summed E-state index contributed by atoms with van der Waals surface area (Å²) < 4.78 is 45.4. The first-order valence-corrected chi connectivity index (χ1v) is 17.0. The summed E-state index contributed by atoms with van der Waals surface area (Å²) in [5.41, 5.74) is 2.34. The van der Waals surface area contributed by atoms with Crippen LogP contribution < -0.4 is 15.5 Å². The van der Waals surface area contributed by atoms with Gasteiger partial charge in [-0.2, -0.15) is 10.2 Å². The van der Waals surface area contributed by atoms with E-state index in [1.165, 1.54) is 41.2 Å². The maximum absolute atomic E-state index is 14.9. The number of hydrogen-bond acceptors (Lipinski definition) is 9. The lowest BCUT2D eigenvalue weighted by atomic mass is 9.94. The Hall–Kier alpha value is -4.79. The Bertz CT molecular complexity index is 1940. The van der Waals surface area contributed by atoms with Crippen molar-refractivity contribution in [3.8, 4) is 5.69 Å². The van der Waals surface area contributed by atoms with Gasteiger partial charge in [-0.3, -0.25) is 0 Å². The van der Waals surface area contributed by atoms with Crippen molar-refractivity contribution in [3.05, 3.63) is 132 Å². The molecular weight excluding hydrogens is 651 g/mol. The van der Waals surface area contributed by atoms with E-state index in [1.807, 2.05) is 31.2 Å². The van der Waals surface area contributed by atoms with E-state index in [-0.39, 0.29) is 30.4 Å². The van der Waals surface area contributed by atoms with Crippen LogP contribution in [0, 0.1) is 11.6 Å². The highest BCUT2D eigenvalue weighted by molar-refractivity contribution is 7.98. The van der Waals surface area contributed by atoms with Crippen LogP contribution in [-0.2, 0) is 27.4 Å². The smallest absolute Gasteiger partial charge is 0.350 e. The van der Waals surface area contributed by atoms with E-state index in [2.05, 4.69) is 55.8 Å². The molecule has 49 heavy (non-hydrogen) atoms. The quantitative estimate of drug-likeness (QED) is 0.175. The third kappa shape index (κ3) is 6.89. The number of rotatable bonds is 11. The van der Waals surface area contributed by atoms with Gasteiger partial charge in [-0.1, -0.05) is 36.0 Å². The number of anilines is 2. The summed E-state index contributed by atoms with van der Waals surface area (Å²) >= 11 is 1.46. The normalized spacial score (nSPS) is 20.1. The molecule has 0 amide bonds. The standard InChI is InChI=1S/C35H36F2N8O3S/c1-3-25(2)45-33(46)44(24-40-45)30-11-9-29(10-12-30)42-16-14-41(15-17-42)28-7-4-26(5-8-28)19-49-34-47-21-35(48-34,20-43-23-38-22-39-43)31-13-6-27(36)18-32(31)37/h3-13,18,22-25,34H,1,14-17,19-21H2,2H3. The Morgan fingerprint density at radius 3 is 2.27 bits per heavy atom. The van der Waals surface area contributed by atoms with Crippen LogP contribution in [0.4, 0.5) is 20.2 Å². The topological polar surface area (TPSA) is 95.5 Å². The molecule has 2 aliphatic heterocycles. The predicted octanol–water partition coefficient (Wildman–Crippen LogP) is 5.14. The second kappa shape index (κ2) is 14.0. The van der Waals surface area contributed by atoms with Gasteiger partial charge in [-0.05, 0) is 55.0 Å². The molecule has 5 aromatic rings. The molecule has 11 nitrogen and oxygen atoms in total. The van der Waals surface area contributed by atoms with Crippen LogP contribution in [0.25, 0.3) is 5.69 Å². The average Bonchev–Trinajstić information content (AvgIpc) is 3.88. The van der Waals surface area contributed by atoms with E-state index in [9.17, 15) is 13.6 Å². The van der Waals surface area contributed by atoms with Crippen molar-refractivity contribution in [1.29, 1.82) is 0 Å². The van der Waals surface area contributed by atoms with Crippen LogP contribution >= 0.6 is 11.8 Å². The number of ether oxygens (including phenoxy) is 2. The number of benzene rings is 3. The van der Waals surface area contributed by atoms with Gasteiger partial charge in [0.15, 0.2) is 0 Å². The monoisotopic (exact) mass is 686 g/mol. The van der Waals surface area contributed by atoms with E-state index >= 15 is 0 Å². The van der Waals surface area contributed by atoms with E-state index in [0.717, 1.165) is 54.9 Å². The summed E-state index contributed by atoms with van der Waals surface area (Å²) in [6.45, 7) is 9.37. The van der Waals surface area contributed by atoms with Gasteiger partial charge < -0.3 is 19.3 Å². The second-order valence-electron chi connectivity index (χ2n) is 12.1. The van der Waals surface area contributed by atoms with Crippen molar-refractivity contribution in [2.45, 2.75) is 36.5 Å². The van der Waals surface area contributed by atoms with Gasteiger partial charge >= 0.3 is 5.69 Å². The molecule has 2 aromatic heterocycles. The number of allylic oxidation sites excluding steroid dienone is 1. The predicted molar refractivity (Wildman–Crippen MR) is 184 cm³/mol. The molecule has 0 aliphatic carbocycles. The first kappa shape index (κ1) is 32.7. The zero-order chi connectivity index (χ0) is 34.0. The molecule has 3 aromatic carbocycles. The Labute approximate surface area is 286 Å². The summed E-state index contributed by atoms with van der Waals surface area (Å²) in [5, 5.41) is 8.37. The van der Waals surface area contributed by atoms with Gasteiger partial charge in [0.2, 0.25) is 5.62 Å². The third-order valence-corrected chi connectivity index (χ3v) is 9.97. The van der Waals surface area contributed by atoms with Gasteiger partial charge in [-0.25, -0.2) is 32.5 Å². The van der Waals surface area contributed by atoms with Crippen LogP contribution in [0.3, 0.4) is 0 Å². The van der Waals surface area contributed by atoms with Crippen LogP contribution in [0.5, 0.6) is 0 Å². The molecule has 14 heteroatoms. The molecule has 0 bridgehead atoms. The van der Waals surface area contributed by atoms with Gasteiger partial charge in [0.05, 0.1) is 24.9 Å². The lowest BCUT2D eigenvalue weighted by molar-refractivity contribution is -0.0470. The largest absolute Gasteiger partial charge is 0.368 e. The van der Waals surface area contributed by atoms with Crippen molar-refractivity contribution >= 4 is 23.1 Å². The molecule has 254 valence electrons. The second-order valence-corrected chi connectivity index (χ2v) is 13.1. The van der Waals surface area contributed by atoms with Crippen LogP contribution in [0.2, 0.25) is 0 Å². The Balaban J connectivity index is 0.927. The maximum atomic E-state index is 14.9. The summed E-state index contributed by atoms with van der Waals surface area (Å²) in [6, 6.07) is 19.8. The molecule has 2 saturated heterocycles. The lowest BCUT2D eigenvalue weighted by Gasteiger charge is -2.37. The zero-order valence-electron chi connectivity index (χ0n) is 26.9. The molecule has 0 N–H and O–H groups in total. The van der Waals surface area contributed by atoms with Gasteiger partial charge in [0.25, 0.3) is 0 Å². The fraction of sp³-hybridized carbons (Fsp3) is 0.314. The number of nitrogens with zero attached hydrogens (tertiary/aromatic N) is 8. The first-order valence-electron chi connectivity index (χ1n) is 16.0. The highest BCUT2D eigenvalue weighted by atomic mass is 32.2. The molecule has 3 atom stereocenters. The minimum Gasteiger partial charge on any atom is -0.368 e. The fourth-order valence-electron chi connectivity index (χ4n) is 6.17. The summed E-state index contributed by atoms with van der Waals surface area (Å²) in [7, 11) is 0. The SMILES string of the molecule is C=CC(C)n1ncn(-c2ccc(N3CCN(c4ccc(CSC5OCC(Cn6cncn6)(c6ccc(F)cc6F)O5)cc4)CC3)cc2)c1=O. The van der Waals surface area contributed by atoms with E-state index < -0.39 is 22.9 Å². The minimum absolute atomic E-state index is 0.0866. The Morgan fingerprint density at radius 1 is 0.959 bits per heavy atom. The van der Waals surface area contributed by atoms with Crippen LogP contribution in [0.1, 0.15) is 24.1 Å². The van der Waals surface area contributed by atoms with Crippen molar-refractivity contribution < 1.29 is 18.3 Å². The van der Waals surface area contributed by atoms with Gasteiger partial charge in [0, 0.05) is 54.9 Å². The average molecular weight is 687 g/mol. The van der Waals surface area contributed by atoms with Gasteiger partial charge in [0.1, 0.15) is 36.2 Å². The van der Waals surface area contributed by atoms with Crippen LogP contribution in [-0.4, -0.2) is 67.5 Å². The molecule has 4 heterocycles. The van der Waals surface area contributed by atoms with Crippen LogP contribution in [0.15, 0.2) is 103 Å². The number of aromatic nitrogens is 6. The summed E-state index contributed by atoms with van der Waals surface area (Å²) in [4.78, 5) is 21.4. The maximum Gasteiger partial charge on any atom is 0.350 e. The molecule has 7 rings (SSSR count). The highest BCUT2D eigenvalue weighted by Crippen LogP contribution is 2.41. The van der Waals surface area contributed by atoms with Crippen molar-refractivity contribution in [3.63, 3.8) is 0 Å². The molecule has 2 aliphatic rings. The first-order chi connectivity index (χ1) is 23.8. The summed E-state index contributed by atoms with van der Waals surface area (Å²) in [5.74, 6) is -0.724. The number of hydrogen-bond donors (Lipinski definition) is 0. The lowest BCUT2D eigenvalue weighted by Crippen LogP contribution is -2.46. The van der Waals surface area contributed by atoms with E-state index in [4.69, 9.17) is 9.47 Å². The molecular formula is C35H36F2N8O3S. The molecule has 0 radical (unpaired) electrons. The minimum atomic E-state index is -1.18. The highest BCUT2D eigenvalue weighted by Gasteiger charge is 2.45. The number of halogens is 2.